The van der Waals surface area contributed by atoms with Gasteiger partial charge < -0.3 is 5.32 Å². The van der Waals surface area contributed by atoms with Gasteiger partial charge >= 0.3 is 0 Å². The molecule has 0 aliphatic carbocycles. The third kappa shape index (κ3) is 4.58. The number of anilines is 2. The van der Waals surface area contributed by atoms with Gasteiger partial charge in [0.15, 0.2) is 0 Å². The Morgan fingerprint density at radius 1 is 1.11 bits per heavy atom. The molecular formula is C23H23BrN4. The van der Waals surface area contributed by atoms with Crippen molar-refractivity contribution in [3.05, 3.63) is 80.6 Å². The number of rotatable bonds is 5. The molecule has 0 bridgehead atoms. The number of nitrogens with one attached hydrogen (secondary N) is 1. The molecule has 0 unspecified atom stereocenters. The second-order valence-corrected chi connectivity index (χ2v) is 8.12. The molecule has 1 heterocycles. The number of halogens is 1. The lowest BCUT2D eigenvalue weighted by molar-refractivity contribution is 0.859. The summed E-state index contributed by atoms with van der Waals surface area (Å²) in [7, 11) is 0. The van der Waals surface area contributed by atoms with E-state index < -0.39 is 0 Å². The van der Waals surface area contributed by atoms with Crippen molar-refractivity contribution in [2.75, 3.05) is 5.32 Å². The minimum Gasteiger partial charge on any atom is -0.324 e. The Labute approximate surface area is 174 Å². The molecule has 28 heavy (non-hydrogen) atoms. The zero-order chi connectivity index (χ0) is 20.3. The van der Waals surface area contributed by atoms with Gasteiger partial charge in [-0.3, -0.25) is 0 Å². The van der Waals surface area contributed by atoms with Crippen molar-refractivity contribution < 1.29 is 0 Å². The van der Waals surface area contributed by atoms with E-state index in [1.54, 1.807) is 18.3 Å². The van der Waals surface area contributed by atoms with Crippen LogP contribution in [0.4, 0.5) is 11.6 Å². The smallest absolute Gasteiger partial charge is 0.227 e. The van der Waals surface area contributed by atoms with Crippen LogP contribution in [0.1, 0.15) is 53.3 Å². The topological polar surface area (TPSA) is 61.6 Å². The Balaban J connectivity index is 1.87. The Bertz CT molecular complexity index is 1010. The number of aromatic nitrogens is 2. The van der Waals surface area contributed by atoms with E-state index >= 15 is 0 Å². The maximum absolute atomic E-state index is 8.92. The monoisotopic (exact) mass is 434 g/mol. The summed E-state index contributed by atoms with van der Waals surface area (Å²) in [6.45, 7) is 8.77. The van der Waals surface area contributed by atoms with Gasteiger partial charge in [0, 0.05) is 18.3 Å². The van der Waals surface area contributed by atoms with Crippen LogP contribution in [0.5, 0.6) is 0 Å². The van der Waals surface area contributed by atoms with Crippen LogP contribution in [-0.2, 0) is 6.42 Å². The molecule has 5 heteroatoms. The minimum atomic E-state index is 0.514. The third-order valence-corrected chi connectivity index (χ3v) is 5.48. The van der Waals surface area contributed by atoms with E-state index in [-0.39, 0.29) is 0 Å². The average Bonchev–Trinajstić information content (AvgIpc) is 2.67. The molecule has 1 aromatic heterocycles. The van der Waals surface area contributed by atoms with E-state index in [1.165, 1.54) is 22.3 Å². The van der Waals surface area contributed by atoms with Crippen LogP contribution < -0.4 is 5.32 Å². The fraction of sp³-hybridized carbons (Fsp3) is 0.261. The first kappa shape index (κ1) is 20.0. The van der Waals surface area contributed by atoms with E-state index in [4.69, 9.17) is 10.2 Å². The van der Waals surface area contributed by atoms with Crippen molar-refractivity contribution in [3.63, 3.8) is 0 Å². The molecule has 4 nitrogen and oxygen atoms in total. The van der Waals surface area contributed by atoms with Crippen molar-refractivity contribution in [2.45, 2.75) is 40.0 Å². The van der Waals surface area contributed by atoms with Crippen LogP contribution in [0.25, 0.3) is 0 Å². The molecule has 142 valence electrons. The van der Waals surface area contributed by atoms with Crippen LogP contribution >= 0.6 is 15.9 Å². The Morgan fingerprint density at radius 2 is 1.75 bits per heavy atom. The van der Waals surface area contributed by atoms with Crippen molar-refractivity contribution in [3.8, 4) is 6.07 Å². The van der Waals surface area contributed by atoms with Crippen LogP contribution in [-0.4, -0.2) is 9.97 Å². The quantitative estimate of drug-likeness (QED) is 0.520. The van der Waals surface area contributed by atoms with Gasteiger partial charge in [0.2, 0.25) is 5.95 Å². The van der Waals surface area contributed by atoms with Crippen LogP contribution in [0.3, 0.4) is 0 Å². The van der Waals surface area contributed by atoms with E-state index in [2.05, 4.69) is 72.1 Å². The number of hydrogen-bond acceptors (Lipinski definition) is 4. The van der Waals surface area contributed by atoms with Gasteiger partial charge in [0.25, 0.3) is 0 Å². The Morgan fingerprint density at radius 3 is 2.32 bits per heavy atom. The van der Waals surface area contributed by atoms with Crippen molar-refractivity contribution in [2.24, 2.45) is 0 Å². The van der Waals surface area contributed by atoms with E-state index in [9.17, 15) is 0 Å². The van der Waals surface area contributed by atoms with Crippen LogP contribution in [0.2, 0.25) is 0 Å². The van der Waals surface area contributed by atoms with Crippen molar-refractivity contribution in [1.29, 1.82) is 5.26 Å². The molecule has 1 N–H and O–H groups in total. The highest BCUT2D eigenvalue weighted by Crippen LogP contribution is 2.27. The standard InChI is InChI=1S/C23H23BrN4/c1-14(2)18-9-15(3)20(16(4)10-18)11-22-21(24)13-26-23(28-22)27-19-7-5-17(12-25)6-8-19/h5-10,13-14H,11H2,1-4H3,(H,26,27,28). The van der Waals surface area contributed by atoms with Crippen LogP contribution in [0.15, 0.2) is 47.1 Å². The highest BCUT2D eigenvalue weighted by Gasteiger charge is 2.12. The van der Waals surface area contributed by atoms with E-state index in [0.717, 1.165) is 22.3 Å². The second-order valence-electron chi connectivity index (χ2n) is 7.27. The predicted octanol–water partition coefficient (Wildman–Crippen LogP) is 6.19. The average molecular weight is 435 g/mol. The van der Waals surface area contributed by atoms with Crippen molar-refractivity contribution in [1.82, 2.24) is 9.97 Å². The molecule has 0 amide bonds. The fourth-order valence-corrected chi connectivity index (χ4v) is 3.48. The van der Waals surface area contributed by atoms with Crippen LogP contribution in [0, 0.1) is 25.2 Å². The first-order valence-electron chi connectivity index (χ1n) is 9.26. The summed E-state index contributed by atoms with van der Waals surface area (Å²) < 4.78 is 0.893. The molecular weight excluding hydrogens is 412 g/mol. The molecule has 0 radical (unpaired) electrons. The normalized spacial score (nSPS) is 10.8. The molecule has 0 saturated carbocycles. The predicted molar refractivity (Wildman–Crippen MR) is 117 cm³/mol. The third-order valence-electron chi connectivity index (χ3n) is 4.82. The fourth-order valence-electron chi connectivity index (χ4n) is 3.15. The van der Waals surface area contributed by atoms with Gasteiger partial charge in [-0.05, 0) is 82.2 Å². The number of nitrogens with zero attached hydrogens (tertiary/aromatic N) is 3. The second kappa shape index (κ2) is 8.53. The zero-order valence-electron chi connectivity index (χ0n) is 16.5. The summed E-state index contributed by atoms with van der Waals surface area (Å²) in [5.74, 6) is 1.05. The summed E-state index contributed by atoms with van der Waals surface area (Å²) in [6.07, 6.45) is 2.52. The van der Waals surface area contributed by atoms with Gasteiger partial charge in [-0.1, -0.05) is 26.0 Å². The number of benzene rings is 2. The highest BCUT2D eigenvalue weighted by molar-refractivity contribution is 9.10. The summed E-state index contributed by atoms with van der Waals surface area (Å²) >= 11 is 3.59. The molecule has 3 rings (SSSR count). The van der Waals surface area contributed by atoms with Gasteiger partial charge in [-0.25, -0.2) is 9.97 Å². The maximum Gasteiger partial charge on any atom is 0.227 e. The van der Waals surface area contributed by atoms with Gasteiger partial charge in [0.1, 0.15) is 0 Å². The number of nitriles is 1. The molecule has 3 aromatic rings. The zero-order valence-corrected chi connectivity index (χ0v) is 18.1. The highest BCUT2D eigenvalue weighted by atomic mass is 79.9. The number of hydrogen-bond donors (Lipinski definition) is 1. The lowest BCUT2D eigenvalue weighted by Gasteiger charge is -2.15. The first-order chi connectivity index (χ1) is 13.4. The van der Waals surface area contributed by atoms with Gasteiger partial charge in [-0.2, -0.15) is 5.26 Å². The summed E-state index contributed by atoms with van der Waals surface area (Å²) in [6, 6.07) is 13.9. The lowest BCUT2D eigenvalue weighted by atomic mass is 9.92. The SMILES string of the molecule is Cc1cc(C(C)C)cc(C)c1Cc1nc(Nc2ccc(C#N)cc2)ncc1Br. The molecule has 0 spiro atoms. The largest absolute Gasteiger partial charge is 0.324 e. The Kier molecular flexibility index (Phi) is 6.11. The maximum atomic E-state index is 8.92. The molecule has 0 atom stereocenters. The lowest BCUT2D eigenvalue weighted by Crippen LogP contribution is -2.04. The molecule has 0 aliphatic rings. The molecule has 0 saturated heterocycles. The Hall–Kier alpha value is -2.71. The van der Waals surface area contributed by atoms with E-state index in [1.807, 2.05) is 12.1 Å². The minimum absolute atomic E-state index is 0.514. The summed E-state index contributed by atoms with van der Waals surface area (Å²) in [5, 5.41) is 12.1. The number of aryl methyl sites for hydroxylation is 2. The molecule has 0 aliphatic heterocycles. The first-order valence-corrected chi connectivity index (χ1v) is 10.0. The van der Waals surface area contributed by atoms with Crippen molar-refractivity contribution >= 4 is 27.6 Å². The van der Waals surface area contributed by atoms with Gasteiger partial charge in [-0.15, -0.1) is 0 Å². The summed E-state index contributed by atoms with van der Waals surface area (Å²) in [5.41, 5.74) is 7.65. The van der Waals surface area contributed by atoms with E-state index in [0.29, 0.717) is 17.4 Å². The van der Waals surface area contributed by atoms with Gasteiger partial charge in [0.05, 0.1) is 21.8 Å². The molecule has 2 aromatic carbocycles. The summed E-state index contributed by atoms with van der Waals surface area (Å²) in [4.78, 5) is 9.08. The molecule has 0 fully saturated rings.